The predicted molar refractivity (Wildman–Crippen MR) is 36.2 cm³/mol. The van der Waals surface area contributed by atoms with E-state index in [9.17, 15) is 0 Å². The molecule has 0 aromatic heterocycles. The fourth-order valence-electron chi connectivity index (χ4n) is 1.54. The lowest BCUT2D eigenvalue weighted by atomic mass is 10.2. The molecule has 0 amide bonds. The van der Waals surface area contributed by atoms with Gasteiger partial charge in [-0.1, -0.05) is 0 Å². The van der Waals surface area contributed by atoms with E-state index in [4.69, 9.17) is 0 Å². The molecule has 0 N–H and O–H groups in total. The zero-order valence-electron chi connectivity index (χ0n) is 5.71. The van der Waals surface area contributed by atoms with E-state index in [1.165, 1.54) is 32.4 Å². The first-order valence-corrected chi connectivity index (χ1v) is 3.87. The molecule has 0 bridgehead atoms. The summed E-state index contributed by atoms with van der Waals surface area (Å²) in [6, 6.07) is 0. The van der Waals surface area contributed by atoms with Crippen molar-refractivity contribution in [2.24, 2.45) is 0 Å². The molecule has 9 heavy (non-hydrogen) atoms. The van der Waals surface area contributed by atoms with Crippen LogP contribution < -0.4 is 5.32 Å². The number of hydrogen-bond acceptors (Lipinski definition) is 1. The fraction of sp³-hybridized carbons (Fsp3) is 1.00. The van der Waals surface area contributed by atoms with Gasteiger partial charge in [-0.25, -0.2) is 5.32 Å². The Bertz CT molecular complexity index is 93.1. The number of rotatable bonds is 1. The van der Waals surface area contributed by atoms with Crippen LogP contribution in [-0.4, -0.2) is 30.7 Å². The normalized spacial score (nSPS) is 36.7. The Morgan fingerprint density at radius 2 is 2.11 bits per heavy atom. The van der Waals surface area contributed by atoms with Gasteiger partial charge in [0, 0.05) is 19.6 Å². The van der Waals surface area contributed by atoms with Gasteiger partial charge in [0.1, 0.15) is 0 Å². The van der Waals surface area contributed by atoms with Crippen LogP contribution in [0.1, 0.15) is 19.3 Å². The summed E-state index contributed by atoms with van der Waals surface area (Å²) in [4.78, 5) is 2.48. The third kappa shape index (κ3) is 0.970. The summed E-state index contributed by atoms with van der Waals surface area (Å²) in [6.07, 6.45) is 4.66. The maximum atomic E-state index is 4.48. The first-order valence-electron chi connectivity index (χ1n) is 3.87. The van der Waals surface area contributed by atoms with E-state index >= 15 is 0 Å². The third-order valence-corrected chi connectivity index (χ3v) is 2.27. The Kier molecular flexibility index (Phi) is 1.44. The van der Waals surface area contributed by atoms with Crippen LogP contribution in [0, 0.1) is 0 Å². The van der Waals surface area contributed by atoms with Gasteiger partial charge in [0.15, 0.2) is 0 Å². The molecule has 2 nitrogen and oxygen atoms in total. The van der Waals surface area contributed by atoms with Crippen LogP contribution in [0.4, 0.5) is 0 Å². The van der Waals surface area contributed by atoms with E-state index in [0.29, 0.717) is 6.17 Å². The minimum Gasteiger partial charge on any atom is -0.287 e. The molecule has 2 aliphatic heterocycles. The number of likely N-dealkylation sites (tertiary alicyclic amines) is 1. The number of nitrogens with zero attached hydrogens (tertiary/aromatic N) is 2. The summed E-state index contributed by atoms with van der Waals surface area (Å²) in [7, 11) is 0. The molecule has 51 valence electrons. The predicted octanol–water partition coefficient (Wildman–Crippen LogP) is 0.416. The van der Waals surface area contributed by atoms with Crippen LogP contribution >= 0.6 is 0 Å². The minimum absolute atomic E-state index is 0.624. The maximum Gasteiger partial charge on any atom is 0.0761 e. The second kappa shape index (κ2) is 2.27. The van der Waals surface area contributed by atoms with Crippen LogP contribution in [0.25, 0.3) is 0 Å². The van der Waals surface area contributed by atoms with Crippen molar-refractivity contribution in [2.75, 3.05) is 19.6 Å². The lowest BCUT2D eigenvalue weighted by Gasteiger charge is -2.35. The molecule has 2 heteroatoms. The van der Waals surface area contributed by atoms with Crippen LogP contribution in [0.5, 0.6) is 0 Å². The van der Waals surface area contributed by atoms with Crippen molar-refractivity contribution in [2.45, 2.75) is 25.4 Å². The van der Waals surface area contributed by atoms with E-state index in [2.05, 4.69) is 10.2 Å². The summed E-state index contributed by atoms with van der Waals surface area (Å²) < 4.78 is 0. The third-order valence-electron chi connectivity index (χ3n) is 2.27. The Labute approximate surface area is 56.2 Å². The van der Waals surface area contributed by atoms with Crippen molar-refractivity contribution >= 4 is 0 Å². The molecule has 1 atom stereocenters. The lowest BCUT2D eigenvalue weighted by molar-refractivity contribution is 0.106. The molecule has 0 aromatic carbocycles. The smallest absolute Gasteiger partial charge is 0.0761 e. The van der Waals surface area contributed by atoms with Crippen molar-refractivity contribution in [1.29, 1.82) is 0 Å². The Morgan fingerprint density at radius 1 is 1.22 bits per heavy atom. The van der Waals surface area contributed by atoms with Gasteiger partial charge in [-0.15, -0.1) is 0 Å². The van der Waals surface area contributed by atoms with Gasteiger partial charge in [-0.05, 0) is 19.3 Å². The molecule has 2 aliphatic rings. The molecule has 2 saturated heterocycles. The van der Waals surface area contributed by atoms with E-state index < -0.39 is 0 Å². The first-order chi connectivity index (χ1) is 4.47. The second-order valence-electron chi connectivity index (χ2n) is 2.92. The minimum atomic E-state index is 0.624. The van der Waals surface area contributed by atoms with Crippen LogP contribution in [0.2, 0.25) is 0 Å². The fourth-order valence-corrected chi connectivity index (χ4v) is 1.54. The summed E-state index contributed by atoms with van der Waals surface area (Å²) >= 11 is 0. The van der Waals surface area contributed by atoms with Crippen LogP contribution in [-0.2, 0) is 0 Å². The topological polar surface area (TPSA) is 17.3 Å². The summed E-state index contributed by atoms with van der Waals surface area (Å²) in [5, 5.41) is 4.48. The van der Waals surface area contributed by atoms with E-state index in [1.54, 1.807) is 0 Å². The highest BCUT2D eigenvalue weighted by Gasteiger charge is 2.26. The van der Waals surface area contributed by atoms with Gasteiger partial charge in [0.2, 0.25) is 0 Å². The first kappa shape index (κ1) is 5.69. The highest BCUT2D eigenvalue weighted by molar-refractivity contribution is 4.80. The Balaban J connectivity index is 1.82. The average molecular weight is 125 g/mol. The van der Waals surface area contributed by atoms with Gasteiger partial charge >= 0.3 is 0 Å². The molecular weight excluding hydrogens is 112 g/mol. The highest BCUT2D eigenvalue weighted by atomic mass is 15.3. The highest BCUT2D eigenvalue weighted by Crippen LogP contribution is 2.17. The van der Waals surface area contributed by atoms with Gasteiger partial charge in [0.05, 0.1) is 6.17 Å². The molecule has 1 unspecified atom stereocenters. The van der Waals surface area contributed by atoms with E-state index in [1.807, 2.05) is 0 Å². The lowest BCUT2D eigenvalue weighted by Crippen LogP contribution is -2.47. The molecule has 2 fully saturated rings. The van der Waals surface area contributed by atoms with Gasteiger partial charge in [-0.2, -0.15) is 0 Å². The Morgan fingerprint density at radius 3 is 2.56 bits per heavy atom. The standard InChI is InChI=1S/C7H13N2/c1-3-7(8-4-1)9-5-2-6-9/h7H,1-6H2. The van der Waals surface area contributed by atoms with Crippen molar-refractivity contribution < 1.29 is 0 Å². The molecule has 0 spiro atoms. The van der Waals surface area contributed by atoms with Crippen molar-refractivity contribution in [3.8, 4) is 0 Å². The van der Waals surface area contributed by atoms with Crippen molar-refractivity contribution in [3.05, 3.63) is 0 Å². The SMILES string of the molecule is C1C[N]C(N2CCC2)C1. The van der Waals surface area contributed by atoms with E-state index in [0.717, 1.165) is 6.54 Å². The quantitative estimate of drug-likeness (QED) is 0.496. The van der Waals surface area contributed by atoms with Gasteiger partial charge < -0.3 is 0 Å². The van der Waals surface area contributed by atoms with Gasteiger partial charge in [-0.3, -0.25) is 4.90 Å². The average Bonchev–Trinajstić information content (AvgIpc) is 2.11. The maximum absolute atomic E-state index is 4.48. The molecule has 0 saturated carbocycles. The largest absolute Gasteiger partial charge is 0.287 e. The molecule has 2 rings (SSSR count). The second-order valence-corrected chi connectivity index (χ2v) is 2.92. The zero-order chi connectivity index (χ0) is 6.10. The van der Waals surface area contributed by atoms with Crippen molar-refractivity contribution in [1.82, 2.24) is 10.2 Å². The van der Waals surface area contributed by atoms with E-state index in [-0.39, 0.29) is 0 Å². The summed E-state index contributed by atoms with van der Waals surface area (Å²) in [6.45, 7) is 3.71. The summed E-state index contributed by atoms with van der Waals surface area (Å²) in [5.74, 6) is 0. The Hall–Kier alpha value is -0.0800. The van der Waals surface area contributed by atoms with Crippen molar-refractivity contribution in [3.63, 3.8) is 0 Å². The molecule has 1 radical (unpaired) electrons. The molecule has 0 aliphatic carbocycles. The molecule has 2 heterocycles. The molecular formula is C7H13N2. The monoisotopic (exact) mass is 125 g/mol. The van der Waals surface area contributed by atoms with Crippen LogP contribution in [0.15, 0.2) is 0 Å². The van der Waals surface area contributed by atoms with Crippen LogP contribution in [0.3, 0.4) is 0 Å². The summed E-state index contributed by atoms with van der Waals surface area (Å²) in [5.41, 5.74) is 0. The number of hydrogen-bond donors (Lipinski definition) is 0. The van der Waals surface area contributed by atoms with Gasteiger partial charge in [0.25, 0.3) is 0 Å². The molecule has 0 aromatic rings. The zero-order valence-corrected chi connectivity index (χ0v) is 5.71.